The van der Waals surface area contributed by atoms with E-state index < -0.39 is 5.97 Å². The van der Waals surface area contributed by atoms with E-state index in [1.807, 2.05) is 0 Å². The summed E-state index contributed by atoms with van der Waals surface area (Å²) in [5.74, 6) is 0.504. The van der Waals surface area contributed by atoms with Crippen LogP contribution < -0.4 is 5.32 Å². The lowest BCUT2D eigenvalue weighted by molar-refractivity contribution is 0.0658. The molecule has 3 unspecified atom stereocenters. The van der Waals surface area contributed by atoms with Crippen LogP contribution in [0.5, 0.6) is 0 Å². The van der Waals surface area contributed by atoms with Gasteiger partial charge < -0.3 is 14.8 Å². The zero-order chi connectivity index (χ0) is 14.5. The first-order chi connectivity index (χ1) is 9.33. The van der Waals surface area contributed by atoms with E-state index in [0.717, 1.165) is 5.92 Å². The van der Waals surface area contributed by atoms with E-state index in [1.54, 1.807) is 6.07 Å². The Balaban J connectivity index is 1.70. The number of furan rings is 1. The minimum Gasteiger partial charge on any atom is -0.475 e. The highest BCUT2D eigenvalue weighted by Crippen LogP contribution is 2.62. The number of carboxylic acids is 1. The fraction of sp³-hybridized carbons (Fsp3) is 0.688. The van der Waals surface area contributed by atoms with Crippen molar-refractivity contribution in [3.8, 4) is 0 Å². The number of carboxylic acid groups (broad SMARTS) is 1. The number of aromatic carboxylic acids is 1. The van der Waals surface area contributed by atoms with E-state index in [9.17, 15) is 4.79 Å². The lowest BCUT2D eigenvalue weighted by Gasteiger charge is -2.43. The van der Waals surface area contributed by atoms with Crippen LogP contribution in [0.1, 0.15) is 56.3 Å². The molecule has 0 aliphatic heterocycles. The zero-order valence-electron chi connectivity index (χ0n) is 12.4. The predicted octanol–water partition coefficient (Wildman–Crippen LogP) is 3.28. The quantitative estimate of drug-likeness (QED) is 0.886. The van der Waals surface area contributed by atoms with Gasteiger partial charge in [-0.3, -0.25) is 0 Å². The highest BCUT2D eigenvalue weighted by atomic mass is 16.4. The van der Waals surface area contributed by atoms with Gasteiger partial charge in [0.1, 0.15) is 5.76 Å². The maximum absolute atomic E-state index is 10.8. The first-order valence-corrected chi connectivity index (χ1v) is 7.38. The van der Waals surface area contributed by atoms with Gasteiger partial charge >= 0.3 is 5.97 Å². The normalized spacial score (nSPS) is 34.5. The number of rotatable bonds is 4. The van der Waals surface area contributed by atoms with Gasteiger partial charge in [0.25, 0.3) is 0 Å². The highest BCUT2D eigenvalue weighted by molar-refractivity contribution is 5.84. The van der Waals surface area contributed by atoms with Gasteiger partial charge in [-0.05, 0) is 48.1 Å². The zero-order valence-corrected chi connectivity index (χ0v) is 12.4. The van der Waals surface area contributed by atoms with Crippen molar-refractivity contribution in [1.82, 2.24) is 5.32 Å². The van der Waals surface area contributed by atoms with Gasteiger partial charge in [-0.25, -0.2) is 4.79 Å². The molecule has 1 heterocycles. The Morgan fingerprint density at radius 2 is 2.20 bits per heavy atom. The van der Waals surface area contributed by atoms with E-state index in [4.69, 9.17) is 9.52 Å². The summed E-state index contributed by atoms with van der Waals surface area (Å²) in [6.45, 7) is 7.68. The first kappa shape index (κ1) is 13.7. The van der Waals surface area contributed by atoms with E-state index in [2.05, 4.69) is 26.1 Å². The van der Waals surface area contributed by atoms with Gasteiger partial charge in [0.15, 0.2) is 0 Å². The van der Waals surface area contributed by atoms with E-state index >= 15 is 0 Å². The maximum atomic E-state index is 10.8. The molecule has 4 nitrogen and oxygen atoms in total. The number of fused-ring (bicyclic) bond motifs is 2. The number of carbonyl (C=O) groups is 1. The molecule has 110 valence electrons. The summed E-state index contributed by atoms with van der Waals surface area (Å²) < 4.78 is 5.32. The first-order valence-electron chi connectivity index (χ1n) is 7.38. The molecule has 2 bridgehead atoms. The third kappa shape index (κ3) is 1.97. The topological polar surface area (TPSA) is 62.5 Å². The molecule has 3 atom stereocenters. The Kier molecular flexibility index (Phi) is 2.98. The molecule has 3 rings (SSSR count). The van der Waals surface area contributed by atoms with Crippen LogP contribution in [0.2, 0.25) is 0 Å². The third-order valence-electron chi connectivity index (χ3n) is 5.62. The average Bonchev–Trinajstić information content (AvgIpc) is 2.99. The molecule has 1 aromatic rings. The van der Waals surface area contributed by atoms with Gasteiger partial charge in [0.2, 0.25) is 5.76 Å². The standard InChI is InChI=1S/C16H23NO3/c1-15(2)10-6-7-16(3,8-10)14(15)17-9-11-4-5-12(20-11)13(18)19/h4-5,10,14,17H,6-9H2,1-3H3,(H,18,19). The van der Waals surface area contributed by atoms with Gasteiger partial charge in [0, 0.05) is 6.04 Å². The largest absolute Gasteiger partial charge is 0.475 e. The Morgan fingerprint density at radius 3 is 2.75 bits per heavy atom. The molecule has 2 aliphatic rings. The molecular weight excluding hydrogens is 254 g/mol. The maximum Gasteiger partial charge on any atom is 0.371 e. The highest BCUT2D eigenvalue weighted by Gasteiger charge is 2.58. The van der Waals surface area contributed by atoms with Gasteiger partial charge in [-0.2, -0.15) is 0 Å². The molecule has 20 heavy (non-hydrogen) atoms. The van der Waals surface area contributed by atoms with Crippen LogP contribution in [0.25, 0.3) is 0 Å². The van der Waals surface area contributed by atoms with Crippen molar-refractivity contribution in [3.05, 3.63) is 23.7 Å². The van der Waals surface area contributed by atoms with Gasteiger partial charge in [-0.15, -0.1) is 0 Å². The molecule has 1 aromatic heterocycles. The van der Waals surface area contributed by atoms with Crippen LogP contribution in [-0.4, -0.2) is 17.1 Å². The summed E-state index contributed by atoms with van der Waals surface area (Å²) in [7, 11) is 0. The smallest absolute Gasteiger partial charge is 0.371 e. The van der Waals surface area contributed by atoms with Crippen LogP contribution in [0, 0.1) is 16.7 Å². The van der Waals surface area contributed by atoms with Crippen LogP contribution in [0.4, 0.5) is 0 Å². The minimum absolute atomic E-state index is 0.0141. The number of nitrogens with one attached hydrogen (secondary N) is 1. The number of hydrogen-bond acceptors (Lipinski definition) is 3. The number of hydrogen-bond donors (Lipinski definition) is 2. The van der Waals surface area contributed by atoms with Crippen molar-refractivity contribution in [2.24, 2.45) is 16.7 Å². The SMILES string of the molecule is CC12CCC(C1)C(C)(C)C2NCc1ccc(C(=O)O)o1. The van der Waals surface area contributed by atoms with E-state index in [0.29, 0.717) is 29.2 Å². The van der Waals surface area contributed by atoms with Crippen molar-refractivity contribution < 1.29 is 14.3 Å². The summed E-state index contributed by atoms with van der Waals surface area (Å²) in [4.78, 5) is 10.8. The second-order valence-electron chi connectivity index (χ2n) is 7.30. The van der Waals surface area contributed by atoms with Gasteiger partial charge in [-0.1, -0.05) is 20.8 Å². The molecule has 2 fully saturated rings. The van der Waals surface area contributed by atoms with Crippen LogP contribution in [-0.2, 0) is 6.54 Å². The molecule has 0 aromatic carbocycles. The summed E-state index contributed by atoms with van der Waals surface area (Å²) >= 11 is 0. The van der Waals surface area contributed by atoms with Crippen molar-refractivity contribution in [3.63, 3.8) is 0 Å². The predicted molar refractivity (Wildman–Crippen MR) is 75.5 cm³/mol. The average molecular weight is 277 g/mol. The molecule has 2 aliphatic carbocycles. The lowest BCUT2D eigenvalue weighted by atomic mass is 9.68. The summed E-state index contributed by atoms with van der Waals surface area (Å²) in [5, 5.41) is 12.5. The molecule has 4 heteroatoms. The summed E-state index contributed by atoms with van der Waals surface area (Å²) in [5.41, 5.74) is 0.672. The Bertz CT molecular complexity index is 529. The molecule has 0 saturated heterocycles. The van der Waals surface area contributed by atoms with Crippen LogP contribution >= 0.6 is 0 Å². The fourth-order valence-corrected chi connectivity index (χ4v) is 4.60. The molecule has 2 N–H and O–H groups in total. The van der Waals surface area contributed by atoms with Gasteiger partial charge in [0.05, 0.1) is 6.54 Å². The minimum atomic E-state index is -1.01. The Labute approximate surface area is 119 Å². The van der Waals surface area contributed by atoms with Crippen molar-refractivity contribution in [2.75, 3.05) is 0 Å². The van der Waals surface area contributed by atoms with Crippen LogP contribution in [0.15, 0.2) is 16.5 Å². The lowest BCUT2D eigenvalue weighted by Crippen LogP contribution is -2.49. The summed E-state index contributed by atoms with van der Waals surface area (Å²) in [6, 6.07) is 3.73. The molecule has 0 amide bonds. The van der Waals surface area contributed by atoms with E-state index in [-0.39, 0.29) is 5.76 Å². The van der Waals surface area contributed by atoms with Crippen LogP contribution in [0.3, 0.4) is 0 Å². The van der Waals surface area contributed by atoms with Crippen molar-refractivity contribution >= 4 is 5.97 Å². The molecule has 0 radical (unpaired) electrons. The molecule has 0 spiro atoms. The second kappa shape index (κ2) is 4.35. The summed E-state index contributed by atoms with van der Waals surface area (Å²) in [6.07, 6.45) is 3.93. The Morgan fingerprint density at radius 1 is 1.45 bits per heavy atom. The second-order valence-corrected chi connectivity index (χ2v) is 7.30. The molecular formula is C16H23NO3. The monoisotopic (exact) mass is 277 g/mol. The molecule has 2 saturated carbocycles. The van der Waals surface area contributed by atoms with Crippen molar-refractivity contribution in [2.45, 2.75) is 52.6 Å². The third-order valence-corrected chi connectivity index (χ3v) is 5.62. The van der Waals surface area contributed by atoms with Crippen molar-refractivity contribution in [1.29, 1.82) is 0 Å². The Hall–Kier alpha value is -1.29. The fourth-order valence-electron chi connectivity index (χ4n) is 4.60. The van der Waals surface area contributed by atoms with E-state index in [1.165, 1.54) is 25.3 Å².